The van der Waals surface area contributed by atoms with E-state index in [9.17, 15) is 19.2 Å². The molecular weight excluding hydrogens is 244 g/mol. The van der Waals surface area contributed by atoms with E-state index in [0.29, 0.717) is 0 Å². The Hall–Kier alpha value is -2.44. The molecule has 18 heavy (non-hydrogen) atoms. The van der Waals surface area contributed by atoms with Gasteiger partial charge in [-0.15, -0.1) is 0 Å². The van der Waals surface area contributed by atoms with Gasteiger partial charge in [0.15, 0.2) is 0 Å². The molecule has 1 N–H and O–H groups in total. The van der Waals surface area contributed by atoms with Crippen LogP contribution in [0.5, 0.6) is 0 Å². The minimum absolute atomic E-state index is 0.0284. The fraction of sp³-hybridized carbons (Fsp3) is 0.273. The number of rotatable bonds is 4. The van der Waals surface area contributed by atoms with Crippen LogP contribution in [0.15, 0.2) is 24.3 Å². The van der Waals surface area contributed by atoms with Crippen molar-refractivity contribution in [2.75, 3.05) is 6.61 Å². The monoisotopic (exact) mass is 256 g/mol. The lowest BCUT2D eigenvalue weighted by Crippen LogP contribution is -2.10. The third kappa shape index (κ3) is 6.94. The van der Waals surface area contributed by atoms with Crippen LogP contribution in [0.3, 0.4) is 0 Å². The molecule has 0 aromatic heterocycles. The smallest absolute Gasteiger partial charge is 0.338 e. The van der Waals surface area contributed by atoms with Crippen LogP contribution >= 0.6 is 0 Å². The van der Waals surface area contributed by atoms with E-state index in [0.717, 1.165) is 12.2 Å². The Balaban J connectivity index is 0.000000351. The van der Waals surface area contributed by atoms with Gasteiger partial charge >= 0.3 is 23.9 Å². The molecule has 7 nitrogen and oxygen atoms in total. The Morgan fingerprint density at radius 3 is 2.11 bits per heavy atom. The average Bonchev–Trinajstić information content (AvgIpc) is 2.62. The second-order valence-corrected chi connectivity index (χ2v) is 2.97. The van der Waals surface area contributed by atoms with Gasteiger partial charge in [0.1, 0.15) is 0 Å². The molecule has 0 atom stereocenters. The van der Waals surface area contributed by atoms with Crippen LogP contribution in [-0.4, -0.2) is 35.6 Å². The maximum absolute atomic E-state index is 10.7. The summed E-state index contributed by atoms with van der Waals surface area (Å²) >= 11 is 0. The van der Waals surface area contributed by atoms with E-state index in [1.165, 1.54) is 0 Å². The lowest BCUT2D eigenvalue weighted by Gasteiger charge is -2.00. The summed E-state index contributed by atoms with van der Waals surface area (Å²) in [6.45, 7) is 5.14. The summed E-state index contributed by atoms with van der Waals surface area (Å²) in [4.78, 5) is 40.6. The highest BCUT2D eigenvalue weighted by molar-refractivity contribution is 6.04. The van der Waals surface area contributed by atoms with Gasteiger partial charge < -0.3 is 14.6 Å². The molecule has 1 heterocycles. The second-order valence-electron chi connectivity index (χ2n) is 2.97. The first-order valence-corrected chi connectivity index (χ1v) is 4.87. The summed E-state index contributed by atoms with van der Waals surface area (Å²) in [5.41, 5.74) is -0.0284. The van der Waals surface area contributed by atoms with Gasteiger partial charge in [0.2, 0.25) is 0 Å². The van der Waals surface area contributed by atoms with Crippen molar-refractivity contribution in [3.63, 3.8) is 0 Å². The van der Waals surface area contributed by atoms with Gasteiger partial charge in [0.05, 0.1) is 13.0 Å². The number of aliphatic carboxylic acids is 1. The van der Waals surface area contributed by atoms with Gasteiger partial charge in [-0.05, 0) is 6.92 Å². The van der Waals surface area contributed by atoms with Crippen molar-refractivity contribution < 1.29 is 33.8 Å². The molecule has 0 aromatic carbocycles. The number of cyclic esters (lactones) is 2. The van der Waals surface area contributed by atoms with Crippen LogP contribution < -0.4 is 0 Å². The average molecular weight is 256 g/mol. The summed E-state index contributed by atoms with van der Waals surface area (Å²) in [5, 5.41) is 8.23. The van der Waals surface area contributed by atoms with Gasteiger partial charge in [-0.2, -0.15) is 0 Å². The SMILES string of the molecule is C=C(CC(=O)O)C(=O)OCC.O=C1C=CC(=O)O1. The highest BCUT2D eigenvalue weighted by Gasteiger charge is 2.11. The van der Waals surface area contributed by atoms with Crippen molar-refractivity contribution in [1.29, 1.82) is 0 Å². The molecule has 0 spiro atoms. The molecule has 0 unspecified atom stereocenters. The molecule has 1 rings (SSSR count). The van der Waals surface area contributed by atoms with Crippen LogP contribution in [0.25, 0.3) is 0 Å². The van der Waals surface area contributed by atoms with Crippen LogP contribution in [0, 0.1) is 0 Å². The highest BCUT2D eigenvalue weighted by Crippen LogP contribution is 2.00. The van der Waals surface area contributed by atoms with E-state index in [1.807, 2.05) is 0 Å². The largest absolute Gasteiger partial charge is 0.481 e. The van der Waals surface area contributed by atoms with Crippen LogP contribution in [0.1, 0.15) is 13.3 Å². The Kier molecular flexibility index (Phi) is 6.72. The molecule has 0 aromatic rings. The highest BCUT2D eigenvalue weighted by atomic mass is 16.6. The fourth-order valence-corrected chi connectivity index (χ4v) is 0.791. The van der Waals surface area contributed by atoms with Crippen LogP contribution in [-0.2, 0) is 28.7 Å². The van der Waals surface area contributed by atoms with Crippen molar-refractivity contribution in [2.24, 2.45) is 0 Å². The number of carbonyl (C=O) groups is 4. The second kappa shape index (κ2) is 7.77. The Morgan fingerprint density at radius 1 is 1.33 bits per heavy atom. The molecule has 0 amide bonds. The van der Waals surface area contributed by atoms with E-state index in [-0.39, 0.29) is 18.6 Å². The number of ether oxygens (including phenoxy) is 2. The molecule has 0 saturated carbocycles. The zero-order valence-corrected chi connectivity index (χ0v) is 9.67. The molecule has 98 valence electrons. The standard InChI is InChI=1S/C7H10O4.C4H2O3/c1-3-11-7(10)5(2)4-6(8)9;5-3-1-2-4(6)7-3/h2-4H2,1H3,(H,8,9);1-2H. The molecule has 0 saturated heterocycles. The normalized spacial score (nSPS) is 12.3. The van der Waals surface area contributed by atoms with Gasteiger partial charge in [-0.3, -0.25) is 4.79 Å². The number of carboxylic acids is 1. The first-order chi connectivity index (χ1) is 8.36. The maximum Gasteiger partial charge on any atom is 0.338 e. The summed E-state index contributed by atoms with van der Waals surface area (Å²) in [5.74, 6) is -2.88. The zero-order chi connectivity index (χ0) is 14.1. The first kappa shape index (κ1) is 15.6. The molecule has 7 heteroatoms. The number of hydrogen-bond acceptors (Lipinski definition) is 6. The summed E-state index contributed by atoms with van der Waals surface area (Å²) in [6.07, 6.45) is 1.81. The first-order valence-electron chi connectivity index (χ1n) is 4.87. The Labute approximate surface area is 103 Å². The van der Waals surface area contributed by atoms with E-state index in [4.69, 9.17) is 5.11 Å². The minimum atomic E-state index is -1.08. The van der Waals surface area contributed by atoms with Gasteiger partial charge in [0.25, 0.3) is 0 Å². The van der Waals surface area contributed by atoms with Crippen molar-refractivity contribution in [2.45, 2.75) is 13.3 Å². The molecule has 1 aliphatic heterocycles. The summed E-state index contributed by atoms with van der Waals surface area (Å²) < 4.78 is 8.47. The van der Waals surface area contributed by atoms with E-state index in [1.54, 1.807) is 6.92 Å². The number of carboxylic acid groups (broad SMARTS) is 1. The third-order valence-electron chi connectivity index (χ3n) is 1.49. The van der Waals surface area contributed by atoms with Crippen LogP contribution in [0.4, 0.5) is 0 Å². The van der Waals surface area contributed by atoms with Crippen molar-refractivity contribution in [1.82, 2.24) is 0 Å². The predicted octanol–water partition coefficient (Wildman–Crippen LogP) is 0.206. The predicted molar refractivity (Wildman–Crippen MR) is 58.3 cm³/mol. The molecular formula is C11H12O7. The number of hydrogen-bond donors (Lipinski definition) is 1. The van der Waals surface area contributed by atoms with Crippen molar-refractivity contribution >= 4 is 23.9 Å². The van der Waals surface area contributed by atoms with Gasteiger partial charge in [0, 0.05) is 17.7 Å². The zero-order valence-electron chi connectivity index (χ0n) is 9.67. The lowest BCUT2D eigenvalue weighted by atomic mass is 10.2. The fourth-order valence-electron chi connectivity index (χ4n) is 0.791. The van der Waals surface area contributed by atoms with E-state index < -0.39 is 23.9 Å². The quantitative estimate of drug-likeness (QED) is 0.435. The van der Waals surface area contributed by atoms with Crippen molar-refractivity contribution in [3.8, 4) is 0 Å². The van der Waals surface area contributed by atoms with E-state index >= 15 is 0 Å². The summed E-state index contributed by atoms with van der Waals surface area (Å²) in [7, 11) is 0. The topological polar surface area (TPSA) is 107 Å². The molecule has 1 aliphatic rings. The molecule has 0 radical (unpaired) electrons. The Bertz CT molecular complexity index is 390. The molecule has 0 bridgehead atoms. The van der Waals surface area contributed by atoms with Crippen molar-refractivity contribution in [3.05, 3.63) is 24.3 Å². The summed E-state index contributed by atoms with van der Waals surface area (Å²) in [6, 6.07) is 0. The lowest BCUT2D eigenvalue weighted by molar-refractivity contribution is -0.150. The van der Waals surface area contributed by atoms with Gasteiger partial charge in [-0.25, -0.2) is 14.4 Å². The minimum Gasteiger partial charge on any atom is -0.481 e. The maximum atomic E-state index is 10.7. The van der Waals surface area contributed by atoms with Crippen LogP contribution in [0.2, 0.25) is 0 Å². The number of carbonyl (C=O) groups excluding carboxylic acids is 3. The van der Waals surface area contributed by atoms with E-state index in [2.05, 4.69) is 16.1 Å². The molecule has 0 aliphatic carbocycles. The molecule has 0 fully saturated rings. The number of esters is 3. The Morgan fingerprint density at radius 2 is 1.83 bits per heavy atom. The third-order valence-corrected chi connectivity index (χ3v) is 1.49. The van der Waals surface area contributed by atoms with Gasteiger partial charge in [-0.1, -0.05) is 6.58 Å².